The van der Waals surface area contributed by atoms with Crippen molar-refractivity contribution >= 4 is 11.6 Å². The van der Waals surface area contributed by atoms with Crippen LogP contribution in [0.15, 0.2) is 0 Å². The second-order valence-electron chi connectivity index (χ2n) is 5.07. The van der Waals surface area contributed by atoms with Crippen molar-refractivity contribution in [2.24, 2.45) is 5.92 Å². The molecule has 1 aromatic rings. The Labute approximate surface area is 115 Å². The van der Waals surface area contributed by atoms with Crippen LogP contribution in [-0.2, 0) is 0 Å². The summed E-state index contributed by atoms with van der Waals surface area (Å²) in [5.74, 6) is 3.05. The maximum atomic E-state index is 8.80. The highest BCUT2D eigenvalue weighted by Crippen LogP contribution is 2.24. The molecule has 0 fully saturated rings. The molecule has 0 aliphatic carbocycles. The van der Waals surface area contributed by atoms with E-state index in [0.717, 1.165) is 29.6 Å². The fraction of sp³-hybridized carbons (Fsp3) is 0.643. The molecule has 0 aliphatic rings. The van der Waals surface area contributed by atoms with Gasteiger partial charge in [-0.25, -0.2) is 9.97 Å². The van der Waals surface area contributed by atoms with Crippen molar-refractivity contribution in [2.45, 2.75) is 34.1 Å². The first-order valence-electron chi connectivity index (χ1n) is 6.64. The SMILES string of the molecule is CNc1nc(C)nc(N(CCC#N)CC(C)C)c1C. The van der Waals surface area contributed by atoms with Gasteiger partial charge in [-0.3, -0.25) is 0 Å². The van der Waals surface area contributed by atoms with E-state index in [2.05, 4.69) is 40.1 Å². The third-order valence-electron chi connectivity index (χ3n) is 2.85. The van der Waals surface area contributed by atoms with Gasteiger partial charge < -0.3 is 10.2 Å². The predicted molar refractivity (Wildman–Crippen MR) is 78.3 cm³/mol. The summed E-state index contributed by atoms with van der Waals surface area (Å²) >= 11 is 0. The number of aromatic nitrogens is 2. The molecule has 0 amide bonds. The number of hydrogen-bond acceptors (Lipinski definition) is 5. The third kappa shape index (κ3) is 4.09. The summed E-state index contributed by atoms with van der Waals surface area (Å²) in [7, 11) is 1.86. The Morgan fingerprint density at radius 3 is 2.53 bits per heavy atom. The lowest BCUT2D eigenvalue weighted by Crippen LogP contribution is -2.30. The van der Waals surface area contributed by atoms with E-state index in [1.807, 2.05) is 20.9 Å². The van der Waals surface area contributed by atoms with Gasteiger partial charge in [0.1, 0.15) is 17.5 Å². The summed E-state index contributed by atoms with van der Waals surface area (Å²) in [6, 6.07) is 2.20. The Morgan fingerprint density at radius 1 is 1.32 bits per heavy atom. The van der Waals surface area contributed by atoms with Crippen LogP contribution >= 0.6 is 0 Å². The Hall–Kier alpha value is -1.83. The molecule has 104 valence electrons. The van der Waals surface area contributed by atoms with Gasteiger partial charge in [0.25, 0.3) is 0 Å². The van der Waals surface area contributed by atoms with E-state index in [1.54, 1.807) is 0 Å². The Kier molecular flexibility index (Phi) is 5.56. The molecule has 0 spiro atoms. The lowest BCUT2D eigenvalue weighted by molar-refractivity contribution is 0.605. The van der Waals surface area contributed by atoms with Crippen LogP contribution < -0.4 is 10.2 Å². The number of rotatable bonds is 6. The van der Waals surface area contributed by atoms with Crippen molar-refractivity contribution in [3.63, 3.8) is 0 Å². The highest BCUT2D eigenvalue weighted by Gasteiger charge is 2.16. The summed E-state index contributed by atoms with van der Waals surface area (Å²) in [4.78, 5) is 11.1. The monoisotopic (exact) mass is 261 g/mol. The van der Waals surface area contributed by atoms with Crippen LogP contribution in [0.2, 0.25) is 0 Å². The maximum Gasteiger partial charge on any atom is 0.137 e. The molecular weight excluding hydrogens is 238 g/mol. The number of nitriles is 1. The molecule has 0 bridgehead atoms. The Morgan fingerprint density at radius 2 is 2.00 bits per heavy atom. The molecule has 0 saturated heterocycles. The van der Waals surface area contributed by atoms with Crippen LogP contribution in [0.3, 0.4) is 0 Å². The zero-order valence-electron chi connectivity index (χ0n) is 12.5. The second kappa shape index (κ2) is 6.93. The standard InChI is InChI=1S/C14H23N5/c1-10(2)9-19(8-6-7-15)14-11(3)13(16-5)17-12(4)18-14/h10H,6,8-9H2,1-5H3,(H,16,17,18). The summed E-state index contributed by atoms with van der Waals surface area (Å²) in [6.07, 6.45) is 0.504. The summed E-state index contributed by atoms with van der Waals surface area (Å²) in [5, 5.41) is 11.9. The number of anilines is 2. The van der Waals surface area contributed by atoms with Crippen LogP contribution in [0.5, 0.6) is 0 Å². The molecular formula is C14H23N5. The number of aryl methyl sites for hydroxylation is 1. The van der Waals surface area contributed by atoms with Crippen molar-refractivity contribution in [3.8, 4) is 6.07 Å². The number of nitrogens with zero attached hydrogens (tertiary/aromatic N) is 4. The molecule has 0 saturated carbocycles. The lowest BCUT2D eigenvalue weighted by Gasteiger charge is -2.27. The van der Waals surface area contributed by atoms with Gasteiger partial charge in [-0.15, -0.1) is 0 Å². The van der Waals surface area contributed by atoms with E-state index in [-0.39, 0.29) is 0 Å². The smallest absolute Gasteiger partial charge is 0.137 e. The largest absolute Gasteiger partial charge is 0.373 e. The molecule has 0 radical (unpaired) electrons. The van der Waals surface area contributed by atoms with Crippen LogP contribution in [0.4, 0.5) is 11.6 Å². The molecule has 1 aromatic heterocycles. The lowest BCUT2D eigenvalue weighted by atomic mass is 10.2. The molecule has 5 nitrogen and oxygen atoms in total. The van der Waals surface area contributed by atoms with Gasteiger partial charge in [0.15, 0.2) is 0 Å². The van der Waals surface area contributed by atoms with Gasteiger partial charge in [0.05, 0.1) is 12.5 Å². The molecule has 5 heteroatoms. The highest BCUT2D eigenvalue weighted by atomic mass is 15.2. The average Bonchev–Trinajstić information content (AvgIpc) is 2.36. The van der Waals surface area contributed by atoms with Crippen LogP contribution in [0.25, 0.3) is 0 Å². The summed E-state index contributed by atoms with van der Waals surface area (Å²) in [5.41, 5.74) is 1.03. The number of nitrogens with one attached hydrogen (secondary N) is 1. The van der Waals surface area contributed by atoms with E-state index in [9.17, 15) is 0 Å². The molecule has 0 aliphatic heterocycles. The molecule has 1 heterocycles. The van der Waals surface area contributed by atoms with Crippen molar-refractivity contribution in [1.29, 1.82) is 5.26 Å². The minimum atomic E-state index is 0.504. The minimum absolute atomic E-state index is 0.504. The minimum Gasteiger partial charge on any atom is -0.373 e. The van der Waals surface area contributed by atoms with Crippen LogP contribution in [0, 0.1) is 31.1 Å². The molecule has 0 unspecified atom stereocenters. The molecule has 0 atom stereocenters. The summed E-state index contributed by atoms with van der Waals surface area (Å²) < 4.78 is 0. The van der Waals surface area contributed by atoms with Crippen molar-refractivity contribution < 1.29 is 0 Å². The molecule has 1 rings (SSSR count). The fourth-order valence-electron chi connectivity index (χ4n) is 2.07. The zero-order chi connectivity index (χ0) is 14.4. The first-order valence-corrected chi connectivity index (χ1v) is 6.64. The normalized spacial score (nSPS) is 10.4. The Bertz CT molecular complexity index is 462. The Balaban J connectivity index is 3.13. The van der Waals surface area contributed by atoms with Gasteiger partial charge in [-0.05, 0) is 19.8 Å². The quantitative estimate of drug-likeness (QED) is 0.852. The summed E-state index contributed by atoms with van der Waals surface area (Å²) in [6.45, 7) is 9.84. The highest BCUT2D eigenvalue weighted by molar-refractivity contribution is 5.58. The molecule has 19 heavy (non-hydrogen) atoms. The topological polar surface area (TPSA) is 64.8 Å². The third-order valence-corrected chi connectivity index (χ3v) is 2.85. The van der Waals surface area contributed by atoms with Crippen molar-refractivity contribution in [1.82, 2.24) is 9.97 Å². The van der Waals surface area contributed by atoms with E-state index in [4.69, 9.17) is 5.26 Å². The predicted octanol–water partition coefficient (Wildman–Crippen LogP) is 2.51. The second-order valence-corrected chi connectivity index (χ2v) is 5.07. The average molecular weight is 261 g/mol. The first-order chi connectivity index (χ1) is 8.99. The van der Waals surface area contributed by atoms with Crippen LogP contribution in [0.1, 0.15) is 31.7 Å². The van der Waals surface area contributed by atoms with Gasteiger partial charge in [0, 0.05) is 25.7 Å². The van der Waals surface area contributed by atoms with Gasteiger partial charge >= 0.3 is 0 Å². The van der Waals surface area contributed by atoms with E-state index < -0.39 is 0 Å². The van der Waals surface area contributed by atoms with Gasteiger partial charge in [-0.1, -0.05) is 13.8 Å². The van der Waals surface area contributed by atoms with Crippen molar-refractivity contribution in [3.05, 3.63) is 11.4 Å². The molecule has 1 N–H and O–H groups in total. The molecule has 0 aromatic carbocycles. The van der Waals surface area contributed by atoms with Crippen molar-refractivity contribution in [2.75, 3.05) is 30.4 Å². The van der Waals surface area contributed by atoms with E-state index >= 15 is 0 Å². The fourth-order valence-corrected chi connectivity index (χ4v) is 2.07. The first kappa shape index (κ1) is 15.2. The van der Waals surface area contributed by atoms with Gasteiger partial charge in [0.2, 0.25) is 0 Å². The van der Waals surface area contributed by atoms with E-state index in [0.29, 0.717) is 18.9 Å². The number of hydrogen-bond donors (Lipinski definition) is 1. The van der Waals surface area contributed by atoms with Crippen LogP contribution in [-0.4, -0.2) is 30.1 Å². The maximum absolute atomic E-state index is 8.80. The van der Waals surface area contributed by atoms with Gasteiger partial charge in [-0.2, -0.15) is 5.26 Å². The zero-order valence-corrected chi connectivity index (χ0v) is 12.5. The van der Waals surface area contributed by atoms with E-state index in [1.165, 1.54) is 0 Å².